The first-order valence-electron chi connectivity index (χ1n) is 7.13. The van der Waals surface area contributed by atoms with Gasteiger partial charge in [-0.25, -0.2) is 0 Å². The summed E-state index contributed by atoms with van der Waals surface area (Å²) < 4.78 is 5.36. The van der Waals surface area contributed by atoms with E-state index in [1.54, 1.807) is 0 Å². The van der Waals surface area contributed by atoms with Gasteiger partial charge in [0.05, 0.1) is 13.1 Å². The Hall–Kier alpha value is -1.39. The van der Waals surface area contributed by atoms with Gasteiger partial charge in [-0.15, -0.1) is 0 Å². The molecular formula is C15H19ClN3O+. The van der Waals surface area contributed by atoms with E-state index in [2.05, 4.69) is 17.1 Å². The van der Waals surface area contributed by atoms with Crippen molar-refractivity contribution in [3.63, 3.8) is 0 Å². The number of likely N-dealkylation sites (tertiary alicyclic amines) is 1. The van der Waals surface area contributed by atoms with Crippen molar-refractivity contribution in [2.45, 2.75) is 26.3 Å². The molecule has 1 aliphatic heterocycles. The number of quaternary nitrogens is 1. The van der Waals surface area contributed by atoms with Crippen LogP contribution in [0, 0.1) is 5.92 Å². The second kappa shape index (κ2) is 5.94. The summed E-state index contributed by atoms with van der Waals surface area (Å²) in [6, 6.07) is 7.49. The Balaban J connectivity index is 1.66. The topological polar surface area (TPSA) is 43.4 Å². The summed E-state index contributed by atoms with van der Waals surface area (Å²) in [6.07, 6.45) is 2.57. The molecule has 1 saturated heterocycles. The van der Waals surface area contributed by atoms with Crippen LogP contribution in [-0.4, -0.2) is 23.2 Å². The summed E-state index contributed by atoms with van der Waals surface area (Å²) in [5.74, 6) is 2.21. The first-order chi connectivity index (χ1) is 9.70. The molecular weight excluding hydrogens is 274 g/mol. The number of hydrogen-bond donors (Lipinski definition) is 1. The van der Waals surface area contributed by atoms with E-state index in [0.29, 0.717) is 10.8 Å². The SMILES string of the molecule is CC1CC[NH+](Cc2nc(-c3ccc(Cl)cc3)no2)CC1. The van der Waals surface area contributed by atoms with Crippen molar-refractivity contribution in [2.24, 2.45) is 5.92 Å². The zero-order valence-electron chi connectivity index (χ0n) is 11.6. The third-order valence-corrected chi connectivity index (χ3v) is 4.21. The smallest absolute Gasteiger partial charge is 0.282 e. The molecule has 0 atom stereocenters. The van der Waals surface area contributed by atoms with Crippen LogP contribution in [0.3, 0.4) is 0 Å². The number of rotatable bonds is 3. The van der Waals surface area contributed by atoms with Gasteiger partial charge in [0.2, 0.25) is 5.82 Å². The van der Waals surface area contributed by atoms with Crippen LogP contribution in [0.1, 0.15) is 25.7 Å². The summed E-state index contributed by atoms with van der Waals surface area (Å²) in [5, 5.41) is 4.77. The molecule has 0 bridgehead atoms. The summed E-state index contributed by atoms with van der Waals surface area (Å²) >= 11 is 5.88. The predicted molar refractivity (Wildman–Crippen MR) is 77.5 cm³/mol. The van der Waals surface area contributed by atoms with Crippen molar-refractivity contribution in [3.05, 3.63) is 35.2 Å². The zero-order valence-corrected chi connectivity index (χ0v) is 12.4. The van der Waals surface area contributed by atoms with Gasteiger partial charge in [-0.05, 0) is 43.0 Å². The maximum Gasteiger partial charge on any atom is 0.282 e. The minimum absolute atomic E-state index is 0.640. The summed E-state index contributed by atoms with van der Waals surface area (Å²) in [5.41, 5.74) is 0.937. The van der Waals surface area contributed by atoms with Crippen molar-refractivity contribution in [2.75, 3.05) is 13.1 Å². The molecule has 0 radical (unpaired) electrons. The van der Waals surface area contributed by atoms with E-state index in [1.165, 1.54) is 30.8 Å². The van der Waals surface area contributed by atoms with Gasteiger partial charge in [0.25, 0.3) is 5.89 Å². The number of halogens is 1. The Morgan fingerprint density at radius 1 is 1.25 bits per heavy atom. The van der Waals surface area contributed by atoms with Gasteiger partial charge in [-0.3, -0.25) is 0 Å². The summed E-state index contributed by atoms with van der Waals surface area (Å²) in [6.45, 7) is 5.54. The van der Waals surface area contributed by atoms with Crippen LogP contribution in [0.25, 0.3) is 11.4 Å². The Morgan fingerprint density at radius 2 is 1.95 bits per heavy atom. The second-order valence-corrected chi connectivity index (χ2v) is 6.06. The number of hydrogen-bond acceptors (Lipinski definition) is 3. The highest BCUT2D eigenvalue weighted by Gasteiger charge is 2.21. The molecule has 0 aliphatic carbocycles. The van der Waals surface area contributed by atoms with Gasteiger partial charge < -0.3 is 9.42 Å². The lowest BCUT2D eigenvalue weighted by atomic mass is 9.99. The monoisotopic (exact) mass is 292 g/mol. The molecule has 4 nitrogen and oxygen atoms in total. The normalized spacial score (nSPS) is 22.9. The molecule has 1 fully saturated rings. The van der Waals surface area contributed by atoms with E-state index in [4.69, 9.17) is 16.1 Å². The van der Waals surface area contributed by atoms with E-state index in [0.717, 1.165) is 23.9 Å². The summed E-state index contributed by atoms with van der Waals surface area (Å²) in [7, 11) is 0. The Labute approximate surface area is 123 Å². The largest absolute Gasteiger partial charge is 0.333 e. The second-order valence-electron chi connectivity index (χ2n) is 5.63. The van der Waals surface area contributed by atoms with E-state index >= 15 is 0 Å². The van der Waals surface area contributed by atoms with Crippen molar-refractivity contribution in [3.8, 4) is 11.4 Å². The third kappa shape index (κ3) is 3.19. The number of piperidine rings is 1. The Morgan fingerprint density at radius 3 is 2.65 bits per heavy atom. The van der Waals surface area contributed by atoms with Gasteiger partial charge >= 0.3 is 0 Å². The van der Waals surface area contributed by atoms with E-state index in [9.17, 15) is 0 Å². The van der Waals surface area contributed by atoms with Crippen molar-refractivity contribution >= 4 is 11.6 Å². The van der Waals surface area contributed by atoms with Crippen LogP contribution in [0.15, 0.2) is 28.8 Å². The Bertz CT molecular complexity index is 559. The molecule has 1 N–H and O–H groups in total. The minimum Gasteiger partial charge on any atom is -0.333 e. The molecule has 5 heteroatoms. The first-order valence-corrected chi connectivity index (χ1v) is 7.50. The number of aromatic nitrogens is 2. The highest BCUT2D eigenvalue weighted by molar-refractivity contribution is 6.30. The highest BCUT2D eigenvalue weighted by atomic mass is 35.5. The van der Waals surface area contributed by atoms with Gasteiger partial charge in [0.15, 0.2) is 6.54 Å². The lowest BCUT2D eigenvalue weighted by Gasteiger charge is -2.25. The molecule has 0 saturated carbocycles. The lowest BCUT2D eigenvalue weighted by molar-refractivity contribution is -0.921. The molecule has 0 unspecified atom stereocenters. The predicted octanol–water partition coefficient (Wildman–Crippen LogP) is 2.20. The molecule has 20 heavy (non-hydrogen) atoms. The summed E-state index contributed by atoms with van der Waals surface area (Å²) in [4.78, 5) is 6.02. The van der Waals surface area contributed by atoms with Crippen LogP contribution in [0.5, 0.6) is 0 Å². The fourth-order valence-electron chi connectivity index (χ4n) is 2.60. The van der Waals surface area contributed by atoms with Gasteiger partial charge in [0.1, 0.15) is 0 Å². The molecule has 1 aromatic carbocycles. The average molecular weight is 293 g/mol. The minimum atomic E-state index is 0.640. The lowest BCUT2D eigenvalue weighted by Crippen LogP contribution is -3.11. The molecule has 0 spiro atoms. The molecule has 1 aromatic heterocycles. The zero-order chi connectivity index (χ0) is 13.9. The van der Waals surface area contributed by atoms with Crippen molar-refractivity contribution < 1.29 is 9.42 Å². The Kier molecular flexibility index (Phi) is 4.03. The van der Waals surface area contributed by atoms with Crippen LogP contribution < -0.4 is 4.90 Å². The fourth-order valence-corrected chi connectivity index (χ4v) is 2.73. The van der Waals surface area contributed by atoms with Crippen LogP contribution in [-0.2, 0) is 6.54 Å². The van der Waals surface area contributed by atoms with Crippen molar-refractivity contribution in [1.29, 1.82) is 0 Å². The molecule has 0 amide bonds. The van der Waals surface area contributed by atoms with Crippen molar-refractivity contribution in [1.82, 2.24) is 10.1 Å². The van der Waals surface area contributed by atoms with Crippen LogP contribution >= 0.6 is 11.6 Å². The quantitative estimate of drug-likeness (QED) is 0.943. The standard InChI is InChI=1S/C15H18ClN3O/c1-11-6-8-19(9-7-11)10-14-17-15(18-20-14)12-2-4-13(16)5-3-12/h2-5,11H,6-10H2,1H3/p+1. The fraction of sp³-hybridized carbons (Fsp3) is 0.467. The van der Waals surface area contributed by atoms with E-state index in [1.807, 2.05) is 24.3 Å². The highest BCUT2D eigenvalue weighted by Crippen LogP contribution is 2.18. The maximum atomic E-state index is 5.88. The van der Waals surface area contributed by atoms with E-state index < -0.39 is 0 Å². The molecule has 2 aromatic rings. The molecule has 1 aliphatic rings. The first kappa shape index (κ1) is 13.6. The van der Waals surface area contributed by atoms with E-state index in [-0.39, 0.29) is 0 Å². The third-order valence-electron chi connectivity index (χ3n) is 3.95. The average Bonchev–Trinajstić information content (AvgIpc) is 2.91. The number of nitrogens with zero attached hydrogens (tertiary/aromatic N) is 2. The molecule has 106 valence electrons. The van der Waals surface area contributed by atoms with Gasteiger partial charge in [-0.1, -0.05) is 23.7 Å². The van der Waals surface area contributed by atoms with Gasteiger partial charge in [-0.2, -0.15) is 4.98 Å². The van der Waals surface area contributed by atoms with Gasteiger partial charge in [0, 0.05) is 10.6 Å². The molecule has 2 heterocycles. The van der Waals surface area contributed by atoms with Crippen LogP contribution in [0.2, 0.25) is 5.02 Å². The number of nitrogens with one attached hydrogen (secondary N) is 1. The molecule has 3 rings (SSSR count). The number of benzene rings is 1. The van der Waals surface area contributed by atoms with Crippen LogP contribution in [0.4, 0.5) is 0 Å². The maximum absolute atomic E-state index is 5.88.